The monoisotopic (exact) mass is 298 g/mol. The average Bonchev–Trinajstić information content (AvgIpc) is 2.65. The van der Waals surface area contributed by atoms with Crippen LogP contribution in [0.5, 0.6) is 0 Å². The second kappa shape index (κ2) is 6.17. The van der Waals surface area contributed by atoms with Gasteiger partial charge in [-0.1, -0.05) is 24.9 Å². The molecule has 1 aromatic rings. The molecule has 1 aliphatic carbocycles. The van der Waals surface area contributed by atoms with Crippen molar-refractivity contribution >= 4 is 17.6 Å². The van der Waals surface area contributed by atoms with E-state index in [1.807, 2.05) is 14.0 Å². The van der Waals surface area contributed by atoms with Gasteiger partial charge in [-0.05, 0) is 44.4 Å². The third-order valence-electron chi connectivity index (χ3n) is 4.72. The quantitative estimate of drug-likeness (QED) is 0.926. The number of carbonyl (C=O) groups is 1. The summed E-state index contributed by atoms with van der Waals surface area (Å²) in [6, 6.07) is 0. The maximum atomic E-state index is 11.5. The number of hydrogen-bond donors (Lipinski definition) is 1. The van der Waals surface area contributed by atoms with Crippen LogP contribution in [-0.4, -0.2) is 20.9 Å². The molecule has 1 aromatic heterocycles. The van der Waals surface area contributed by atoms with Crippen molar-refractivity contribution in [3.63, 3.8) is 0 Å². The van der Waals surface area contributed by atoms with Crippen molar-refractivity contribution < 1.29 is 9.90 Å². The fourth-order valence-electron chi connectivity index (χ4n) is 3.45. The van der Waals surface area contributed by atoms with E-state index >= 15 is 0 Å². The Bertz CT molecular complexity index is 498. The molecule has 4 nitrogen and oxygen atoms in total. The van der Waals surface area contributed by atoms with Gasteiger partial charge in [0.2, 0.25) is 0 Å². The van der Waals surface area contributed by atoms with Crippen molar-refractivity contribution in [2.24, 2.45) is 24.8 Å². The standard InChI is InChI=1S/C15H23ClN2O2/c1-4-10-5-6-12(15(19)20)11(7-10)8-13-9(2)17-18(3)14(13)16/h10-12H,4-8H2,1-3H3,(H,19,20). The van der Waals surface area contributed by atoms with Crippen LogP contribution < -0.4 is 0 Å². The first-order chi connectivity index (χ1) is 9.43. The number of aromatic nitrogens is 2. The smallest absolute Gasteiger partial charge is 0.306 e. The summed E-state index contributed by atoms with van der Waals surface area (Å²) in [7, 11) is 1.82. The van der Waals surface area contributed by atoms with Gasteiger partial charge >= 0.3 is 5.97 Å². The number of carboxylic acid groups (broad SMARTS) is 1. The molecule has 0 saturated heterocycles. The normalized spacial score (nSPS) is 26.7. The number of aryl methyl sites for hydroxylation is 2. The topological polar surface area (TPSA) is 55.1 Å². The molecule has 0 amide bonds. The van der Waals surface area contributed by atoms with Crippen LogP contribution in [0.4, 0.5) is 0 Å². The molecule has 0 bridgehead atoms. The van der Waals surface area contributed by atoms with Gasteiger partial charge in [0.25, 0.3) is 0 Å². The van der Waals surface area contributed by atoms with E-state index in [2.05, 4.69) is 12.0 Å². The molecular weight excluding hydrogens is 276 g/mol. The summed E-state index contributed by atoms with van der Waals surface area (Å²) in [6.07, 6.45) is 4.66. The molecule has 0 aliphatic heterocycles. The molecule has 1 aliphatic rings. The van der Waals surface area contributed by atoms with Crippen molar-refractivity contribution in [2.75, 3.05) is 0 Å². The van der Waals surface area contributed by atoms with E-state index in [9.17, 15) is 9.90 Å². The van der Waals surface area contributed by atoms with Crippen LogP contribution >= 0.6 is 11.6 Å². The fourth-order valence-corrected chi connectivity index (χ4v) is 3.70. The number of nitrogens with zero attached hydrogens (tertiary/aromatic N) is 2. The second-order valence-electron chi connectivity index (χ2n) is 5.97. The van der Waals surface area contributed by atoms with Gasteiger partial charge in [-0.3, -0.25) is 9.48 Å². The highest BCUT2D eigenvalue weighted by Gasteiger charge is 2.35. The lowest BCUT2D eigenvalue weighted by Gasteiger charge is -2.33. The highest BCUT2D eigenvalue weighted by Crippen LogP contribution is 2.38. The van der Waals surface area contributed by atoms with Crippen molar-refractivity contribution in [2.45, 2.75) is 46.0 Å². The van der Waals surface area contributed by atoms with E-state index in [1.165, 1.54) is 0 Å². The molecule has 1 saturated carbocycles. The summed E-state index contributed by atoms with van der Waals surface area (Å²) in [5, 5.41) is 14.4. The lowest BCUT2D eigenvalue weighted by atomic mass is 9.71. The minimum absolute atomic E-state index is 0.173. The molecule has 0 aromatic carbocycles. The van der Waals surface area contributed by atoms with E-state index in [0.29, 0.717) is 11.1 Å². The Morgan fingerprint density at radius 1 is 1.50 bits per heavy atom. The molecule has 20 heavy (non-hydrogen) atoms. The minimum Gasteiger partial charge on any atom is -0.481 e. The first-order valence-electron chi connectivity index (χ1n) is 7.34. The zero-order valence-electron chi connectivity index (χ0n) is 12.4. The zero-order valence-corrected chi connectivity index (χ0v) is 13.2. The Kier molecular flexibility index (Phi) is 4.74. The van der Waals surface area contributed by atoms with Crippen molar-refractivity contribution in [1.29, 1.82) is 0 Å². The van der Waals surface area contributed by atoms with E-state index < -0.39 is 5.97 Å². The Morgan fingerprint density at radius 3 is 2.70 bits per heavy atom. The average molecular weight is 299 g/mol. The summed E-state index contributed by atoms with van der Waals surface area (Å²) < 4.78 is 1.67. The fraction of sp³-hybridized carbons (Fsp3) is 0.733. The maximum Gasteiger partial charge on any atom is 0.306 e. The summed E-state index contributed by atoms with van der Waals surface area (Å²) in [5.74, 6) is -0.0892. The SMILES string of the molecule is CCC1CCC(C(=O)O)C(Cc2c(C)nn(C)c2Cl)C1. The Balaban J connectivity index is 2.20. The number of aliphatic carboxylic acids is 1. The van der Waals surface area contributed by atoms with Gasteiger partial charge in [0.1, 0.15) is 5.15 Å². The molecule has 5 heteroatoms. The van der Waals surface area contributed by atoms with Crippen molar-refractivity contribution in [3.8, 4) is 0 Å². The molecule has 1 fully saturated rings. The number of halogens is 1. The number of rotatable bonds is 4. The molecule has 3 atom stereocenters. The molecular formula is C15H23ClN2O2. The summed E-state index contributed by atoms with van der Waals surface area (Å²) in [5.41, 5.74) is 1.93. The van der Waals surface area contributed by atoms with Gasteiger partial charge in [-0.2, -0.15) is 5.10 Å². The van der Waals surface area contributed by atoms with E-state index in [4.69, 9.17) is 11.6 Å². The predicted molar refractivity (Wildman–Crippen MR) is 78.9 cm³/mol. The van der Waals surface area contributed by atoms with Gasteiger partial charge < -0.3 is 5.11 Å². The van der Waals surface area contributed by atoms with E-state index in [-0.39, 0.29) is 11.8 Å². The van der Waals surface area contributed by atoms with E-state index in [0.717, 1.165) is 43.4 Å². The highest BCUT2D eigenvalue weighted by atomic mass is 35.5. The largest absolute Gasteiger partial charge is 0.481 e. The highest BCUT2D eigenvalue weighted by molar-refractivity contribution is 6.30. The van der Waals surface area contributed by atoms with Gasteiger partial charge in [-0.15, -0.1) is 0 Å². The molecule has 1 N–H and O–H groups in total. The molecule has 1 heterocycles. The zero-order chi connectivity index (χ0) is 14.9. The van der Waals surface area contributed by atoms with Crippen LogP contribution in [0.2, 0.25) is 5.15 Å². The summed E-state index contributed by atoms with van der Waals surface area (Å²) in [6.45, 7) is 4.13. The van der Waals surface area contributed by atoms with Gasteiger partial charge in [-0.25, -0.2) is 0 Å². The molecule has 112 valence electrons. The Hall–Kier alpha value is -1.03. The number of hydrogen-bond acceptors (Lipinski definition) is 2. The third kappa shape index (κ3) is 3.00. The number of carboxylic acids is 1. The molecule has 3 unspecified atom stereocenters. The summed E-state index contributed by atoms with van der Waals surface area (Å²) in [4.78, 5) is 11.5. The Morgan fingerprint density at radius 2 is 2.20 bits per heavy atom. The minimum atomic E-state index is -0.665. The van der Waals surface area contributed by atoms with Crippen LogP contribution in [0, 0.1) is 24.7 Å². The molecule has 0 spiro atoms. The van der Waals surface area contributed by atoms with Crippen LogP contribution in [-0.2, 0) is 18.3 Å². The Labute approximate surface area is 125 Å². The maximum absolute atomic E-state index is 11.5. The van der Waals surface area contributed by atoms with Gasteiger partial charge in [0.05, 0.1) is 11.6 Å². The van der Waals surface area contributed by atoms with Crippen LogP contribution in [0.1, 0.15) is 43.9 Å². The van der Waals surface area contributed by atoms with Crippen molar-refractivity contribution in [3.05, 3.63) is 16.4 Å². The molecule has 0 radical (unpaired) electrons. The first kappa shape index (κ1) is 15.4. The molecule has 2 rings (SSSR count). The van der Waals surface area contributed by atoms with Crippen LogP contribution in [0.3, 0.4) is 0 Å². The van der Waals surface area contributed by atoms with E-state index in [1.54, 1.807) is 4.68 Å². The summed E-state index contributed by atoms with van der Waals surface area (Å²) >= 11 is 6.28. The third-order valence-corrected chi connectivity index (χ3v) is 5.19. The van der Waals surface area contributed by atoms with Gasteiger partial charge in [0, 0.05) is 12.6 Å². The second-order valence-corrected chi connectivity index (χ2v) is 6.33. The predicted octanol–water partition coefficient (Wildman–Crippen LogP) is 3.45. The first-order valence-corrected chi connectivity index (χ1v) is 7.72. The van der Waals surface area contributed by atoms with Crippen molar-refractivity contribution in [1.82, 2.24) is 9.78 Å². The van der Waals surface area contributed by atoms with Crippen LogP contribution in [0.25, 0.3) is 0 Å². The lowest BCUT2D eigenvalue weighted by Crippen LogP contribution is -2.32. The van der Waals surface area contributed by atoms with Crippen LogP contribution in [0.15, 0.2) is 0 Å². The van der Waals surface area contributed by atoms with Gasteiger partial charge in [0.15, 0.2) is 0 Å². The lowest BCUT2D eigenvalue weighted by molar-refractivity contribution is -0.145.